The van der Waals surface area contributed by atoms with Gasteiger partial charge >= 0.3 is 12.2 Å². The number of amides is 2. The van der Waals surface area contributed by atoms with E-state index in [9.17, 15) is 32.3 Å². The monoisotopic (exact) mass is 462 g/mol. The Labute approximate surface area is 185 Å². The van der Waals surface area contributed by atoms with Crippen molar-refractivity contribution in [2.24, 2.45) is 5.92 Å². The summed E-state index contributed by atoms with van der Waals surface area (Å²) in [5.74, 6) is -3.94. The number of furan rings is 1. The molecule has 172 valence electrons. The van der Waals surface area contributed by atoms with Gasteiger partial charge in [-0.15, -0.1) is 0 Å². The number of benzene rings is 2. The predicted octanol–water partition coefficient (Wildman–Crippen LogP) is 4.50. The number of nitrogens with one attached hydrogen (secondary N) is 2. The van der Waals surface area contributed by atoms with Gasteiger partial charge in [-0.25, -0.2) is 9.18 Å². The van der Waals surface area contributed by atoms with Gasteiger partial charge in [0.2, 0.25) is 5.72 Å². The number of urea groups is 1. The van der Waals surface area contributed by atoms with Crippen LogP contribution in [0, 0.1) is 18.7 Å². The first kappa shape index (κ1) is 22.5. The normalized spacial score (nSPS) is 23.0. The van der Waals surface area contributed by atoms with Crippen LogP contribution in [0.5, 0.6) is 0 Å². The fraction of sp³-hybridized carbons (Fsp3) is 0.217. The van der Waals surface area contributed by atoms with E-state index in [1.54, 1.807) is 19.1 Å². The molecular formula is C23H18F4N2O4. The molecule has 1 saturated heterocycles. The van der Waals surface area contributed by atoms with Crippen molar-refractivity contribution in [3.05, 3.63) is 83.4 Å². The van der Waals surface area contributed by atoms with E-state index in [2.05, 4.69) is 5.32 Å². The van der Waals surface area contributed by atoms with Crippen LogP contribution in [0.3, 0.4) is 0 Å². The summed E-state index contributed by atoms with van der Waals surface area (Å²) in [6, 6.07) is 10.7. The molecular weight excluding hydrogens is 444 g/mol. The van der Waals surface area contributed by atoms with Crippen molar-refractivity contribution in [3.63, 3.8) is 0 Å². The van der Waals surface area contributed by atoms with Crippen molar-refractivity contribution < 1.29 is 36.7 Å². The minimum Gasteiger partial charge on any atom is -0.459 e. The molecule has 6 nitrogen and oxygen atoms in total. The summed E-state index contributed by atoms with van der Waals surface area (Å²) in [7, 11) is 0. The van der Waals surface area contributed by atoms with E-state index < -0.39 is 41.5 Å². The Kier molecular flexibility index (Phi) is 5.49. The zero-order valence-corrected chi connectivity index (χ0v) is 17.1. The number of aliphatic hydroxyl groups is 1. The van der Waals surface area contributed by atoms with E-state index >= 15 is 0 Å². The Balaban J connectivity index is 1.81. The highest BCUT2D eigenvalue weighted by Gasteiger charge is 2.66. The molecule has 1 aliphatic rings. The lowest BCUT2D eigenvalue weighted by Gasteiger charge is -2.44. The van der Waals surface area contributed by atoms with Gasteiger partial charge in [0, 0.05) is 11.1 Å². The third kappa shape index (κ3) is 4.09. The molecule has 1 aromatic heterocycles. The van der Waals surface area contributed by atoms with Crippen LogP contribution in [0.15, 0.2) is 65.1 Å². The van der Waals surface area contributed by atoms with Crippen molar-refractivity contribution in [1.29, 1.82) is 0 Å². The molecule has 0 bridgehead atoms. The maximum absolute atomic E-state index is 14.0. The minimum absolute atomic E-state index is 0.0897. The second kappa shape index (κ2) is 8.04. The van der Waals surface area contributed by atoms with Crippen molar-refractivity contribution in [2.45, 2.75) is 24.9 Å². The van der Waals surface area contributed by atoms with Gasteiger partial charge in [-0.05, 0) is 31.2 Å². The van der Waals surface area contributed by atoms with Gasteiger partial charge in [-0.2, -0.15) is 13.2 Å². The van der Waals surface area contributed by atoms with Gasteiger partial charge < -0.3 is 20.2 Å². The third-order valence-corrected chi connectivity index (χ3v) is 5.47. The first-order valence-electron chi connectivity index (χ1n) is 9.84. The number of carbonyl (C=O) groups excluding carboxylic acids is 2. The highest BCUT2D eigenvalue weighted by molar-refractivity contribution is 6.00. The largest absolute Gasteiger partial charge is 0.459 e. The van der Waals surface area contributed by atoms with Crippen LogP contribution < -0.4 is 10.6 Å². The van der Waals surface area contributed by atoms with Gasteiger partial charge in [-0.3, -0.25) is 4.79 Å². The SMILES string of the molecule is Cc1ccc(C(=O)[C@H]2[C@@H](c3ccc(-c4cccc(F)c4)o3)NC(=O)N[C@@]2(O)C(F)(F)F)cc1. The third-order valence-electron chi connectivity index (χ3n) is 5.47. The smallest absolute Gasteiger partial charge is 0.437 e. The maximum atomic E-state index is 14.0. The molecule has 2 aromatic carbocycles. The average Bonchev–Trinajstić information content (AvgIpc) is 3.23. The summed E-state index contributed by atoms with van der Waals surface area (Å²) >= 11 is 0. The Bertz CT molecular complexity index is 1210. The second-order valence-corrected chi connectivity index (χ2v) is 7.76. The van der Waals surface area contributed by atoms with Crippen molar-refractivity contribution in [3.8, 4) is 11.3 Å². The topological polar surface area (TPSA) is 91.6 Å². The molecule has 0 spiro atoms. The Morgan fingerprint density at radius 1 is 1.09 bits per heavy atom. The number of alkyl halides is 3. The summed E-state index contributed by atoms with van der Waals surface area (Å²) in [6.45, 7) is 1.74. The minimum atomic E-state index is -5.38. The van der Waals surface area contributed by atoms with Crippen LogP contribution in [0.4, 0.5) is 22.4 Å². The van der Waals surface area contributed by atoms with Crippen molar-refractivity contribution in [2.75, 3.05) is 0 Å². The fourth-order valence-corrected chi connectivity index (χ4v) is 3.79. The van der Waals surface area contributed by atoms with E-state index in [0.717, 1.165) is 11.6 Å². The highest BCUT2D eigenvalue weighted by atomic mass is 19.4. The lowest BCUT2D eigenvalue weighted by Crippen LogP contribution is -2.72. The van der Waals surface area contributed by atoms with E-state index in [-0.39, 0.29) is 17.1 Å². The van der Waals surface area contributed by atoms with Crippen LogP contribution in [0.2, 0.25) is 0 Å². The molecule has 0 aliphatic carbocycles. The quantitative estimate of drug-likeness (QED) is 0.393. The Morgan fingerprint density at radius 2 is 1.79 bits per heavy atom. The maximum Gasteiger partial charge on any atom is 0.437 e. The molecule has 3 atom stereocenters. The average molecular weight is 462 g/mol. The van der Waals surface area contributed by atoms with Crippen LogP contribution in [0.25, 0.3) is 11.3 Å². The summed E-state index contributed by atoms with van der Waals surface area (Å²) in [5.41, 5.74) is -2.88. The molecule has 0 unspecified atom stereocenters. The van der Waals surface area contributed by atoms with Crippen molar-refractivity contribution >= 4 is 11.8 Å². The number of halogens is 4. The first-order chi connectivity index (χ1) is 15.5. The Morgan fingerprint density at radius 3 is 2.42 bits per heavy atom. The zero-order valence-electron chi connectivity index (χ0n) is 17.1. The summed E-state index contributed by atoms with van der Waals surface area (Å²) in [6.07, 6.45) is -5.38. The van der Waals surface area contributed by atoms with Gasteiger partial charge in [0.05, 0.1) is 0 Å². The number of Topliss-reactive ketones (excluding diaryl/α,β-unsaturated/α-hetero) is 1. The predicted molar refractivity (Wildman–Crippen MR) is 109 cm³/mol. The molecule has 1 aliphatic heterocycles. The lowest BCUT2D eigenvalue weighted by molar-refractivity contribution is -0.288. The van der Waals surface area contributed by atoms with E-state index in [1.807, 2.05) is 0 Å². The molecule has 0 saturated carbocycles. The standard InChI is InChI=1S/C23H18F4N2O4/c1-12-5-7-13(8-6-12)20(30)18-19(28-21(31)29-22(18,32)23(25,26)27)17-10-9-16(33-17)14-3-2-4-15(24)11-14/h2-11,18-19,32H,1H3,(H2,28,29,31)/t18-,19-,22+/m1/s1. The highest BCUT2D eigenvalue weighted by Crippen LogP contribution is 2.44. The second-order valence-electron chi connectivity index (χ2n) is 7.76. The molecule has 0 radical (unpaired) electrons. The molecule has 10 heteroatoms. The molecule has 1 fully saturated rings. The summed E-state index contributed by atoms with van der Waals surface area (Å²) in [4.78, 5) is 25.3. The number of hydrogen-bond acceptors (Lipinski definition) is 4. The fourth-order valence-electron chi connectivity index (χ4n) is 3.79. The number of carbonyl (C=O) groups is 2. The van der Waals surface area contributed by atoms with Crippen LogP contribution >= 0.6 is 0 Å². The van der Waals surface area contributed by atoms with Crippen molar-refractivity contribution in [1.82, 2.24) is 10.6 Å². The first-order valence-corrected chi connectivity index (χ1v) is 9.84. The molecule has 3 aromatic rings. The number of hydrogen-bond donors (Lipinski definition) is 3. The summed E-state index contributed by atoms with van der Waals surface area (Å²) < 4.78 is 61.1. The van der Waals surface area contributed by atoms with Gasteiger partial charge in [0.15, 0.2) is 5.78 Å². The number of rotatable bonds is 4. The van der Waals surface area contributed by atoms with Crippen LogP contribution in [0.1, 0.15) is 27.7 Å². The lowest BCUT2D eigenvalue weighted by atomic mass is 9.79. The van der Waals surface area contributed by atoms with E-state index in [0.29, 0.717) is 5.56 Å². The number of ketones is 1. The molecule has 2 heterocycles. The molecule has 4 rings (SSSR count). The van der Waals surface area contributed by atoms with Crippen LogP contribution in [-0.2, 0) is 0 Å². The van der Waals surface area contributed by atoms with Crippen LogP contribution in [-0.4, -0.2) is 28.8 Å². The van der Waals surface area contributed by atoms with E-state index in [1.165, 1.54) is 47.8 Å². The molecule has 3 N–H and O–H groups in total. The number of aryl methyl sites for hydroxylation is 1. The molecule has 33 heavy (non-hydrogen) atoms. The van der Waals surface area contributed by atoms with E-state index in [4.69, 9.17) is 4.42 Å². The van der Waals surface area contributed by atoms with Gasteiger partial charge in [0.25, 0.3) is 0 Å². The van der Waals surface area contributed by atoms with Gasteiger partial charge in [0.1, 0.15) is 29.3 Å². The zero-order chi connectivity index (χ0) is 24.0. The summed E-state index contributed by atoms with van der Waals surface area (Å²) in [5, 5.41) is 14.3. The van der Waals surface area contributed by atoms with Gasteiger partial charge in [-0.1, -0.05) is 42.0 Å². The molecule has 2 amide bonds. The Hall–Kier alpha value is -3.66.